The van der Waals surface area contributed by atoms with Gasteiger partial charge in [-0.3, -0.25) is 14.3 Å². The lowest BCUT2D eigenvalue weighted by molar-refractivity contribution is -0.128. The highest BCUT2D eigenvalue weighted by atomic mass is 16.2. The summed E-state index contributed by atoms with van der Waals surface area (Å²) in [5, 5.41) is 9.34. The normalized spacial score (nSPS) is 11.9. The van der Waals surface area contributed by atoms with Gasteiger partial charge in [-0.15, -0.1) is 0 Å². The van der Waals surface area contributed by atoms with E-state index >= 15 is 0 Å². The molecule has 1 unspecified atom stereocenters. The molecule has 1 atom stereocenters. The number of nitrogens with one attached hydrogen (secondary N) is 2. The van der Waals surface area contributed by atoms with E-state index in [2.05, 4.69) is 15.7 Å². The molecule has 2 amide bonds. The van der Waals surface area contributed by atoms with Crippen LogP contribution < -0.4 is 10.6 Å². The molecule has 0 aliphatic carbocycles. The van der Waals surface area contributed by atoms with E-state index in [0.717, 1.165) is 6.42 Å². The van der Waals surface area contributed by atoms with Gasteiger partial charge in [0.2, 0.25) is 11.8 Å². The molecule has 6 heteroatoms. The Morgan fingerprint density at radius 1 is 1.39 bits per heavy atom. The van der Waals surface area contributed by atoms with E-state index in [1.807, 2.05) is 26.1 Å². The van der Waals surface area contributed by atoms with Crippen molar-refractivity contribution in [1.29, 1.82) is 0 Å². The van der Waals surface area contributed by atoms with Gasteiger partial charge in [0, 0.05) is 24.9 Å². The number of rotatable bonds is 7. The van der Waals surface area contributed by atoms with Gasteiger partial charge in [-0.2, -0.15) is 5.10 Å². The molecule has 1 heterocycles. The first kappa shape index (κ1) is 14.2. The van der Waals surface area contributed by atoms with Gasteiger partial charge in [0.05, 0.1) is 13.1 Å². The van der Waals surface area contributed by atoms with Crippen LogP contribution in [0.25, 0.3) is 0 Å². The van der Waals surface area contributed by atoms with Crippen LogP contribution in [0, 0.1) is 5.92 Å². The molecule has 0 saturated heterocycles. The summed E-state index contributed by atoms with van der Waals surface area (Å²) in [5.41, 5.74) is 0. The highest BCUT2D eigenvalue weighted by Gasteiger charge is 2.11. The fourth-order valence-corrected chi connectivity index (χ4v) is 1.33. The average Bonchev–Trinajstić information content (AvgIpc) is 2.88. The quantitative estimate of drug-likeness (QED) is 0.726. The minimum absolute atomic E-state index is 0.0300. The van der Waals surface area contributed by atoms with Gasteiger partial charge < -0.3 is 10.6 Å². The van der Waals surface area contributed by atoms with Gasteiger partial charge in [0.15, 0.2) is 0 Å². The van der Waals surface area contributed by atoms with Crippen molar-refractivity contribution in [2.45, 2.75) is 26.8 Å². The van der Waals surface area contributed by atoms with Crippen LogP contribution in [0.3, 0.4) is 0 Å². The molecule has 100 valence electrons. The second kappa shape index (κ2) is 7.47. The van der Waals surface area contributed by atoms with Crippen molar-refractivity contribution in [2.24, 2.45) is 5.92 Å². The average molecular weight is 252 g/mol. The van der Waals surface area contributed by atoms with Crippen molar-refractivity contribution in [1.82, 2.24) is 20.4 Å². The first-order valence-corrected chi connectivity index (χ1v) is 6.15. The minimum Gasteiger partial charge on any atom is -0.353 e. The summed E-state index contributed by atoms with van der Waals surface area (Å²) >= 11 is 0. The molecule has 2 N–H and O–H groups in total. The van der Waals surface area contributed by atoms with Crippen LogP contribution in [0.15, 0.2) is 18.5 Å². The van der Waals surface area contributed by atoms with Crippen LogP contribution in [0.5, 0.6) is 0 Å². The maximum Gasteiger partial charge on any atom is 0.239 e. The molecule has 0 radical (unpaired) electrons. The Labute approximate surface area is 107 Å². The topological polar surface area (TPSA) is 76.0 Å². The number of amides is 2. The predicted molar refractivity (Wildman–Crippen MR) is 67.7 cm³/mol. The van der Waals surface area contributed by atoms with Crippen molar-refractivity contribution in [3.8, 4) is 0 Å². The molecule has 6 nitrogen and oxygen atoms in total. The van der Waals surface area contributed by atoms with Crippen LogP contribution in [-0.2, 0) is 16.1 Å². The van der Waals surface area contributed by atoms with Gasteiger partial charge in [-0.25, -0.2) is 0 Å². The first-order valence-electron chi connectivity index (χ1n) is 6.15. The monoisotopic (exact) mass is 252 g/mol. The van der Waals surface area contributed by atoms with E-state index in [-0.39, 0.29) is 24.3 Å². The van der Waals surface area contributed by atoms with Crippen molar-refractivity contribution < 1.29 is 9.59 Å². The Morgan fingerprint density at radius 3 is 2.78 bits per heavy atom. The number of carbonyl (C=O) groups is 2. The molecular weight excluding hydrogens is 232 g/mol. The highest BCUT2D eigenvalue weighted by Crippen LogP contribution is 1.98. The van der Waals surface area contributed by atoms with Crippen LogP contribution >= 0.6 is 0 Å². The Hall–Kier alpha value is -1.85. The molecule has 0 saturated carbocycles. The molecule has 18 heavy (non-hydrogen) atoms. The van der Waals surface area contributed by atoms with Crippen molar-refractivity contribution in [3.63, 3.8) is 0 Å². The smallest absolute Gasteiger partial charge is 0.239 e. The molecule has 0 bridgehead atoms. The summed E-state index contributed by atoms with van der Waals surface area (Å²) in [4.78, 5) is 22.9. The number of carbonyl (C=O) groups excluding carboxylic acids is 2. The highest BCUT2D eigenvalue weighted by molar-refractivity contribution is 5.85. The molecule has 1 aromatic rings. The van der Waals surface area contributed by atoms with E-state index in [4.69, 9.17) is 0 Å². The fourth-order valence-electron chi connectivity index (χ4n) is 1.33. The van der Waals surface area contributed by atoms with E-state index < -0.39 is 0 Å². The van der Waals surface area contributed by atoms with Gasteiger partial charge in [0.25, 0.3) is 0 Å². The third-order valence-corrected chi connectivity index (χ3v) is 2.71. The molecular formula is C12H20N4O2. The van der Waals surface area contributed by atoms with Crippen molar-refractivity contribution >= 4 is 11.8 Å². The van der Waals surface area contributed by atoms with Crippen LogP contribution in [-0.4, -0.2) is 34.7 Å². The molecule has 0 fully saturated rings. The number of hydrogen-bond acceptors (Lipinski definition) is 3. The van der Waals surface area contributed by atoms with Crippen molar-refractivity contribution in [3.05, 3.63) is 18.5 Å². The number of nitrogens with zero attached hydrogens (tertiary/aromatic N) is 2. The van der Waals surface area contributed by atoms with Crippen LogP contribution in [0.1, 0.15) is 20.3 Å². The van der Waals surface area contributed by atoms with Gasteiger partial charge in [0.1, 0.15) is 0 Å². The molecule has 1 rings (SSSR count). The van der Waals surface area contributed by atoms with Gasteiger partial charge in [-0.1, -0.05) is 13.8 Å². The summed E-state index contributed by atoms with van der Waals surface area (Å²) in [6.45, 7) is 4.93. The fraction of sp³-hybridized carbons (Fsp3) is 0.583. The standard InChI is InChI=1S/C12H20N4O2/c1-3-10(2)12(18)14-9-11(17)13-6-8-16-7-4-5-15-16/h4-5,7,10H,3,6,8-9H2,1-2H3,(H,13,17)(H,14,18). The van der Waals surface area contributed by atoms with Crippen LogP contribution in [0.4, 0.5) is 0 Å². The zero-order valence-electron chi connectivity index (χ0n) is 10.8. The zero-order valence-corrected chi connectivity index (χ0v) is 10.8. The van der Waals surface area contributed by atoms with E-state index in [0.29, 0.717) is 13.1 Å². The summed E-state index contributed by atoms with van der Waals surface area (Å²) in [7, 11) is 0. The predicted octanol–water partition coefficient (Wildman–Crippen LogP) is 0.162. The summed E-state index contributed by atoms with van der Waals surface area (Å²) < 4.78 is 1.73. The Balaban J connectivity index is 2.12. The largest absolute Gasteiger partial charge is 0.353 e. The molecule has 0 aliphatic rings. The van der Waals surface area contributed by atoms with E-state index in [1.165, 1.54) is 0 Å². The van der Waals surface area contributed by atoms with Crippen molar-refractivity contribution in [2.75, 3.05) is 13.1 Å². The maximum absolute atomic E-state index is 11.4. The van der Waals surface area contributed by atoms with Crippen LogP contribution in [0.2, 0.25) is 0 Å². The lowest BCUT2D eigenvalue weighted by Gasteiger charge is -2.10. The maximum atomic E-state index is 11.4. The third kappa shape index (κ3) is 4.99. The molecule has 0 spiro atoms. The zero-order chi connectivity index (χ0) is 13.4. The molecule has 0 aromatic carbocycles. The Kier molecular flexibility index (Phi) is 5.90. The third-order valence-electron chi connectivity index (χ3n) is 2.71. The molecule has 1 aromatic heterocycles. The van der Waals surface area contributed by atoms with Gasteiger partial charge in [-0.05, 0) is 12.5 Å². The number of aromatic nitrogens is 2. The Bertz CT molecular complexity index is 375. The lowest BCUT2D eigenvalue weighted by Crippen LogP contribution is -2.39. The summed E-state index contributed by atoms with van der Waals surface area (Å²) in [5.74, 6) is -0.319. The van der Waals surface area contributed by atoms with E-state index in [1.54, 1.807) is 10.9 Å². The lowest BCUT2D eigenvalue weighted by atomic mass is 10.1. The second-order valence-electron chi connectivity index (χ2n) is 4.15. The Morgan fingerprint density at radius 2 is 2.17 bits per heavy atom. The molecule has 0 aliphatic heterocycles. The van der Waals surface area contributed by atoms with E-state index in [9.17, 15) is 9.59 Å². The van der Waals surface area contributed by atoms with Gasteiger partial charge >= 0.3 is 0 Å². The SMILES string of the molecule is CCC(C)C(=O)NCC(=O)NCCn1cccn1. The summed E-state index contributed by atoms with van der Waals surface area (Å²) in [6.07, 6.45) is 4.29. The second-order valence-corrected chi connectivity index (χ2v) is 4.15. The minimum atomic E-state index is -0.182. The number of hydrogen-bond donors (Lipinski definition) is 2. The summed E-state index contributed by atoms with van der Waals surface area (Å²) in [6, 6.07) is 1.83. The first-order chi connectivity index (χ1) is 8.63.